The standard InChI is InChI=1S/C18H24ClN3O/c1-3-5-13(2)21-18(23)14-6-4-9-22(12-14)17-8-7-16(19)10-15(17)11-20/h7-8,10,13-14H,3-6,9,12H2,1-2H3,(H,21,23). The Morgan fingerprint density at radius 2 is 2.35 bits per heavy atom. The maximum Gasteiger partial charge on any atom is 0.225 e. The molecule has 2 atom stereocenters. The molecule has 1 saturated heterocycles. The summed E-state index contributed by atoms with van der Waals surface area (Å²) in [4.78, 5) is 14.6. The number of nitriles is 1. The van der Waals surface area contributed by atoms with Gasteiger partial charge in [0.1, 0.15) is 6.07 Å². The molecule has 2 rings (SSSR count). The molecule has 1 aliphatic rings. The number of rotatable bonds is 5. The molecular weight excluding hydrogens is 310 g/mol. The minimum atomic E-state index is -0.0229. The van der Waals surface area contributed by atoms with E-state index in [1.807, 2.05) is 6.07 Å². The van der Waals surface area contributed by atoms with Gasteiger partial charge in [0.05, 0.1) is 17.2 Å². The number of piperidine rings is 1. The molecule has 1 aliphatic heterocycles. The van der Waals surface area contributed by atoms with Crippen LogP contribution >= 0.6 is 11.6 Å². The van der Waals surface area contributed by atoms with E-state index in [9.17, 15) is 10.1 Å². The van der Waals surface area contributed by atoms with Crippen LogP contribution in [0.5, 0.6) is 0 Å². The number of hydrogen-bond donors (Lipinski definition) is 1. The third kappa shape index (κ3) is 4.62. The second-order valence-corrected chi connectivity index (χ2v) is 6.69. The van der Waals surface area contributed by atoms with E-state index < -0.39 is 0 Å². The molecule has 0 aliphatic carbocycles. The van der Waals surface area contributed by atoms with Crippen LogP contribution in [-0.2, 0) is 4.79 Å². The predicted molar refractivity (Wildman–Crippen MR) is 93.6 cm³/mol. The maximum atomic E-state index is 12.4. The molecule has 0 bridgehead atoms. The Morgan fingerprint density at radius 1 is 1.57 bits per heavy atom. The summed E-state index contributed by atoms with van der Waals surface area (Å²) in [5.41, 5.74) is 1.44. The summed E-state index contributed by atoms with van der Waals surface area (Å²) in [6, 6.07) is 7.77. The second-order valence-electron chi connectivity index (χ2n) is 6.26. The lowest BCUT2D eigenvalue weighted by atomic mass is 9.95. The molecule has 124 valence electrons. The molecule has 1 aromatic carbocycles. The van der Waals surface area contributed by atoms with E-state index in [4.69, 9.17) is 11.6 Å². The van der Waals surface area contributed by atoms with Gasteiger partial charge in [0.15, 0.2) is 0 Å². The van der Waals surface area contributed by atoms with Crippen molar-refractivity contribution in [1.82, 2.24) is 5.32 Å². The van der Waals surface area contributed by atoms with Gasteiger partial charge in [-0.3, -0.25) is 4.79 Å². The largest absolute Gasteiger partial charge is 0.370 e. The topological polar surface area (TPSA) is 56.1 Å². The highest BCUT2D eigenvalue weighted by atomic mass is 35.5. The van der Waals surface area contributed by atoms with Gasteiger partial charge in [0.25, 0.3) is 0 Å². The fourth-order valence-corrected chi connectivity index (χ4v) is 3.32. The molecule has 0 spiro atoms. The minimum absolute atomic E-state index is 0.0229. The molecule has 1 heterocycles. The quantitative estimate of drug-likeness (QED) is 0.893. The summed E-state index contributed by atoms with van der Waals surface area (Å²) in [7, 11) is 0. The van der Waals surface area contributed by atoms with Crippen LogP contribution in [0.4, 0.5) is 5.69 Å². The van der Waals surface area contributed by atoms with Crippen LogP contribution in [-0.4, -0.2) is 25.0 Å². The van der Waals surface area contributed by atoms with Crippen LogP contribution in [0, 0.1) is 17.2 Å². The van der Waals surface area contributed by atoms with Gasteiger partial charge in [-0.1, -0.05) is 24.9 Å². The van der Waals surface area contributed by atoms with Gasteiger partial charge < -0.3 is 10.2 Å². The van der Waals surface area contributed by atoms with Crippen molar-refractivity contribution < 1.29 is 4.79 Å². The van der Waals surface area contributed by atoms with Crippen molar-refractivity contribution in [2.75, 3.05) is 18.0 Å². The molecule has 1 fully saturated rings. The van der Waals surface area contributed by atoms with E-state index in [0.717, 1.165) is 37.9 Å². The van der Waals surface area contributed by atoms with Gasteiger partial charge in [-0.2, -0.15) is 5.26 Å². The average molecular weight is 334 g/mol. The first kappa shape index (κ1) is 17.6. The second kappa shape index (κ2) is 8.21. The van der Waals surface area contributed by atoms with E-state index in [1.165, 1.54) is 0 Å². The van der Waals surface area contributed by atoms with Crippen molar-refractivity contribution in [3.05, 3.63) is 28.8 Å². The van der Waals surface area contributed by atoms with Crippen molar-refractivity contribution in [3.63, 3.8) is 0 Å². The Bertz CT molecular complexity index is 596. The Hall–Kier alpha value is -1.73. The van der Waals surface area contributed by atoms with E-state index in [-0.39, 0.29) is 17.9 Å². The highest BCUT2D eigenvalue weighted by Gasteiger charge is 2.27. The SMILES string of the molecule is CCCC(C)NC(=O)C1CCCN(c2ccc(Cl)cc2C#N)C1. The molecular formula is C18H24ClN3O. The average Bonchev–Trinajstić information content (AvgIpc) is 2.55. The molecule has 4 nitrogen and oxygen atoms in total. The van der Waals surface area contributed by atoms with E-state index in [0.29, 0.717) is 17.1 Å². The molecule has 2 unspecified atom stereocenters. The van der Waals surface area contributed by atoms with Gasteiger partial charge in [-0.05, 0) is 44.4 Å². The highest BCUT2D eigenvalue weighted by molar-refractivity contribution is 6.30. The van der Waals surface area contributed by atoms with Crippen molar-refractivity contribution in [1.29, 1.82) is 5.26 Å². The van der Waals surface area contributed by atoms with Gasteiger partial charge in [-0.15, -0.1) is 0 Å². The summed E-state index contributed by atoms with van der Waals surface area (Å²) in [5.74, 6) is 0.105. The van der Waals surface area contributed by atoms with Crippen LogP contribution in [0.3, 0.4) is 0 Å². The summed E-state index contributed by atoms with van der Waals surface area (Å²) in [6.45, 7) is 5.69. The number of hydrogen-bond acceptors (Lipinski definition) is 3. The molecule has 1 N–H and O–H groups in total. The lowest BCUT2D eigenvalue weighted by Crippen LogP contribution is -2.45. The van der Waals surface area contributed by atoms with E-state index in [1.54, 1.807) is 12.1 Å². The third-order valence-corrected chi connectivity index (χ3v) is 4.56. The number of amides is 1. The molecule has 0 radical (unpaired) electrons. The zero-order valence-electron chi connectivity index (χ0n) is 13.8. The van der Waals surface area contributed by atoms with Gasteiger partial charge in [0, 0.05) is 24.2 Å². The number of nitrogens with one attached hydrogen (secondary N) is 1. The Balaban J connectivity index is 2.06. The zero-order chi connectivity index (χ0) is 16.8. The predicted octanol–water partition coefficient (Wildman–Crippen LogP) is 3.73. The van der Waals surface area contributed by atoms with E-state index in [2.05, 4.69) is 30.1 Å². The first-order valence-electron chi connectivity index (χ1n) is 8.30. The highest BCUT2D eigenvalue weighted by Crippen LogP contribution is 2.28. The first-order valence-corrected chi connectivity index (χ1v) is 8.68. The van der Waals surface area contributed by atoms with Gasteiger partial charge >= 0.3 is 0 Å². The summed E-state index contributed by atoms with van der Waals surface area (Å²) >= 11 is 5.97. The number of benzene rings is 1. The first-order chi connectivity index (χ1) is 11.0. The number of halogens is 1. The number of carbonyl (C=O) groups excluding carboxylic acids is 1. The number of anilines is 1. The molecule has 0 saturated carbocycles. The number of nitrogens with zero attached hydrogens (tertiary/aromatic N) is 2. The maximum absolute atomic E-state index is 12.4. The fourth-order valence-electron chi connectivity index (χ4n) is 3.15. The van der Waals surface area contributed by atoms with Crippen LogP contribution in [0.25, 0.3) is 0 Å². The Kier molecular flexibility index (Phi) is 6.29. The van der Waals surface area contributed by atoms with Crippen molar-refractivity contribution in [3.8, 4) is 6.07 Å². The minimum Gasteiger partial charge on any atom is -0.370 e. The van der Waals surface area contributed by atoms with Crippen LogP contribution in [0.2, 0.25) is 5.02 Å². The molecule has 1 aromatic rings. The van der Waals surface area contributed by atoms with Crippen molar-refractivity contribution in [2.24, 2.45) is 5.92 Å². The molecule has 23 heavy (non-hydrogen) atoms. The monoisotopic (exact) mass is 333 g/mol. The molecule has 1 amide bonds. The lowest BCUT2D eigenvalue weighted by Gasteiger charge is -2.34. The van der Waals surface area contributed by atoms with Crippen molar-refractivity contribution in [2.45, 2.75) is 45.6 Å². The summed E-state index contributed by atoms with van der Waals surface area (Å²) < 4.78 is 0. The summed E-state index contributed by atoms with van der Waals surface area (Å²) in [5, 5.41) is 13.0. The van der Waals surface area contributed by atoms with Gasteiger partial charge in [-0.25, -0.2) is 0 Å². The normalized spacial score (nSPS) is 19.0. The van der Waals surface area contributed by atoms with Crippen LogP contribution in [0.1, 0.15) is 45.1 Å². The van der Waals surface area contributed by atoms with Crippen molar-refractivity contribution >= 4 is 23.2 Å². The van der Waals surface area contributed by atoms with Gasteiger partial charge in [0.2, 0.25) is 5.91 Å². The Labute approximate surface area is 143 Å². The molecule has 0 aromatic heterocycles. The van der Waals surface area contributed by atoms with Crippen LogP contribution in [0.15, 0.2) is 18.2 Å². The molecule has 5 heteroatoms. The van der Waals surface area contributed by atoms with Crippen LogP contribution < -0.4 is 10.2 Å². The lowest BCUT2D eigenvalue weighted by molar-refractivity contribution is -0.125. The Morgan fingerprint density at radius 3 is 3.04 bits per heavy atom. The fraction of sp³-hybridized carbons (Fsp3) is 0.556. The summed E-state index contributed by atoms with van der Waals surface area (Å²) in [6.07, 6.45) is 3.91. The zero-order valence-corrected chi connectivity index (χ0v) is 14.6. The number of carbonyl (C=O) groups is 1. The smallest absolute Gasteiger partial charge is 0.225 e. The third-order valence-electron chi connectivity index (χ3n) is 4.32. The van der Waals surface area contributed by atoms with E-state index >= 15 is 0 Å².